The van der Waals surface area contributed by atoms with Gasteiger partial charge in [-0.2, -0.15) is 0 Å². The number of aryl methyl sites for hydroxylation is 2. The van der Waals surface area contributed by atoms with Gasteiger partial charge >= 0.3 is 0 Å². The molecule has 0 aromatic heterocycles. The number of hydrogen-bond acceptors (Lipinski definition) is 3. The van der Waals surface area contributed by atoms with Crippen LogP contribution in [0.3, 0.4) is 0 Å². The van der Waals surface area contributed by atoms with Gasteiger partial charge in [0.1, 0.15) is 0 Å². The maximum Gasteiger partial charge on any atom is 0.232 e. The van der Waals surface area contributed by atoms with Crippen LogP contribution in [0.2, 0.25) is 0 Å². The minimum Gasteiger partial charge on any atom is -0.354 e. The second kappa shape index (κ2) is 10.4. The number of hydrogen-bond donors (Lipinski definition) is 1. The highest BCUT2D eigenvalue weighted by molar-refractivity contribution is 7.92. The molecule has 2 rings (SSSR count). The van der Waals surface area contributed by atoms with Crippen molar-refractivity contribution in [3.05, 3.63) is 65.2 Å². The zero-order valence-electron chi connectivity index (χ0n) is 17.8. The fraction of sp³-hybridized carbons (Fsp3) is 0.435. The zero-order chi connectivity index (χ0) is 21.4. The van der Waals surface area contributed by atoms with Crippen LogP contribution in [0, 0.1) is 13.8 Å². The molecule has 0 saturated carbocycles. The van der Waals surface area contributed by atoms with Crippen LogP contribution in [0.15, 0.2) is 48.5 Å². The van der Waals surface area contributed by atoms with E-state index < -0.39 is 10.0 Å². The molecule has 1 amide bonds. The van der Waals surface area contributed by atoms with Gasteiger partial charge in [-0.05, 0) is 62.8 Å². The molecule has 0 spiro atoms. The molecule has 2 aromatic rings. The Bertz CT molecular complexity index is 911. The average molecular weight is 417 g/mol. The molecule has 29 heavy (non-hydrogen) atoms. The summed E-state index contributed by atoms with van der Waals surface area (Å²) in [6.45, 7) is 6.17. The van der Waals surface area contributed by atoms with E-state index >= 15 is 0 Å². The van der Waals surface area contributed by atoms with E-state index in [0.717, 1.165) is 24.0 Å². The first kappa shape index (κ1) is 22.9. The number of anilines is 1. The van der Waals surface area contributed by atoms with Gasteiger partial charge in [0, 0.05) is 19.0 Å². The normalized spacial score (nSPS) is 12.4. The summed E-state index contributed by atoms with van der Waals surface area (Å²) in [6.07, 6.45) is 3.76. The van der Waals surface area contributed by atoms with Crippen LogP contribution in [0.4, 0.5) is 5.69 Å². The lowest BCUT2D eigenvalue weighted by molar-refractivity contribution is -0.121. The summed E-state index contributed by atoms with van der Waals surface area (Å²) < 4.78 is 26.0. The van der Waals surface area contributed by atoms with Crippen LogP contribution in [-0.4, -0.2) is 33.2 Å². The van der Waals surface area contributed by atoms with E-state index in [1.807, 2.05) is 57.2 Å². The van der Waals surface area contributed by atoms with Crippen molar-refractivity contribution < 1.29 is 13.2 Å². The Kier molecular flexibility index (Phi) is 8.26. The summed E-state index contributed by atoms with van der Waals surface area (Å²) in [6, 6.07) is 15.9. The highest BCUT2D eigenvalue weighted by Gasteiger charge is 2.20. The predicted molar refractivity (Wildman–Crippen MR) is 120 cm³/mol. The Morgan fingerprint density at radius 3 is 2.41 bits per heavy atom. The molecular weight excluding hydrogens is 384 g/mol. The summed E-state index contributed by atoms with van der Waals surface area (Å²) >= 11 is 0. The number of amides is 1. The maximum atomic E-state index is 12.3. The highest BCUT2D eigenvalue weighted by Crippen LogP contribution is 2.25. The third kappa shape index (κ3) is 7.20. The van der Waals surface area contributed by atoms with Crippen LogP contribution in [0.5, 0.6) is 0 Å². The van der Waals surface area contributed by atoms with E-state index in [9.17, 15) is 13.2 Å². The van der Waals surface area contributed by atoms with Crippen LogP contribution in [-0.2, 0) is 21.2 Å². The fourth-order valence-corrected chi connectivity index (χ4v) is 4.32. The van der Waals surface area contributed by atoms with Crippen molar-refractivity contribution in [1.82, 2.24) is 5.32 Å². The van der Waals surface area contributed by atoms with E-state index in [2.05, 4.69) is 17.4 Å². The van der Waals surface area contributed by atoms with Crippen LogP contribution < -0.4 is 9.62 Å². The molecule has 0 fully saturated rings. The SMILES string of the molecule is Cc1cccc(N(CCCC(=O)N[C@@H](C)CCc2ccccc2)S(C)(=O)=O)c1C. The molecule has 0 unspecified atom stereocenters. The number of benzene rings is 2. The highest BCUT2D eigenvalue weighted by atomic mass is 32.2. The molecule has 5 nitrogen and oxygen atoms in total. The summed E-state index contributed by atoms with van der Waals surface area (Å²) in [4.78, 5) is 12.3. The Labute approximate surface area is 175 Å². The second-order valence-electron chi connectivity index (χ2n) is 7.65. The molecule has 0 bridgehead atoms. The molecule has 6 heteroatoms. The number of nitrogens with one attached hydrogen (secondary N) is 1. The Morgan fingerprint density at radius 2 is 1.76 bits per heavy atom. The molecule has 0 saturated heterocycles. The minimum atomic E-state index is -3.42. The summed E-state index contributed by atoms with van der Waals surface area (Å²) in [5.74, 6) is -0.0417. The largest absolute Gasteiger partial charge is 0.354 e. The lowest BCUT2D eigenvalue weighted by Crippen LogP contribution is -2.35. The van der Waals surface area contributed by atoms with Gasteiger partial charge in [-0.15, -0.1) is 0 Å². The van der Waals surface area contributed by atoms with Gasteiger partial charge < -0.3 is 5.32 Å². The smallest absolute Gasteiger partial charge is 0.232 e. The van der Waals surface area contributed by atoms with Gasteiger partial charge in [0.15, 0.2) is 0 Å². The standard InChI is InChI=1S/C23H32N2O3S/c1-18-10-8-13-22(20(18)3)25(29(4,27)28)17-9-14-23(26)24-19(2)15-16-21-11-6-5-7-12-21/h5-8,10-13,19H,9,14-17H2,1-4H3,(H,24,26)/t19-/m0/s1. The Hall–Kier alpha value is -2.34. The van der Waals surface area contributed by atoms with E-state index in [0.29, 0.717) is 18.5 Å². The first-order valence-corrected chi connectivity index (χ1v) is 11.9. The quantitative estimate of drug-likeness (QED) is 0.637. The molecule has 2 aromatic carbocycles. The van der Waals surface area contributed by atoms with E-state index in [1.54, 1.807) is 0 Å². The molecule has 0 heterocycles. The van der Waals surface area contributed by atoms with Crippen molar-refractivity contribution in [3.8, 4) is 0 Å². The Morgan fingerprint density at radius 1 is 1.07 bits per heavy atom. The van der Waals surface area contributed by atoms with Gasteiger partial charge in [0.05, 0.1) is 11.9 Å². The number of nitrogens with zero attached hydrogens (tertiary/aromatic N) is 1. The first-order chi connectivity index (χ1) is 13.7. The number of carbonyl (C=O) groups excluding carboxylic acids is 1. The van der Waals surface area contributed by atoms with Crippen LogP contribution in [0.25, 0.3) is 0 Å². The maximum absolute atomic E-state index is 12.3. The molecule has 158 valence electrons. The van der Waals surface area contributed by atoms with Crippen molar-refractivity contribution in [1.29, 1.82) is 0 Å². The zero-order valence-corrected chi connectivity index (χ0v) is 18.6. The fourth-order valence-electron chi connectivity index (χ4n) is 3.30. The topological polar surface area (TPSA) is 66.5 Å². The van der Waals surface area contributed by atoms with E-state index in [4.69, 9.17) is 0 Å². The number of sulfonamides is 1. The average Bonchev–Trinajstić information content (AvgIpc) is 2.66. The van der Waals surface area contributed by atoms with Crippen molar-refractivity contribution in [2.75, 3.05) is 17.1 Å². The molecule has 0 radical (unpaired) electrons. The van der Waals surface area contributed by atoms with Gasteiger partial charge in [0.2, 0.25) is 15.9 Å². The van der Waals surface area contributed by atoms with Gasteiger partial charge in [-0.25, -0.2) is 8.42 Å². The van der Waals surface area contributed by atoms with Crippen molar-refractivity contribution >= 4 is 21.6 Å². The van der Waals surface area contributed by atoms with Gasteiger partial charge in [0.25, 0.3) is 0 Å². The first-order valence-electron chi connectivity index (χ1n) is 10.1. The lowest BCUT2D eigenvalue weighted by atomic mass is 10.1. The van der Waals surface area contributed by atoms with Crippen molar-refractivity contribution in [2.24, 2.45) is 0 Å². The molecular formula is C23H32N2O3S. The number of carbonyl (C=O) groups is 1. The van der Waals surface area contributed by atoms with Crippen LogP contribution >= 0.6 is 0 Å². The van der Waals surface area contributed by atoms with E-state index in [-0.39, 0.29) is 18.5 Å². The molecule has 0 aliphatic carbocycles. The molecule has 1 atom stereocenters. The van der Waals surface area contributed by atoms with Crippen LogP contribution in [0.1, 0.15) is 42.9 Å². The third-order valence-electron chi connectivity index (χ3n) is 5.13. The Balaban J connectivity index is 1.85. The summed E-state index contributed by atoms with van der Waals surface area (Å²) in [5, 5.41) is 3.02. The van der Waals surface area contributed by atoms with E-state index in [1.165, 1.54) is 16.1 Å². The minimum absolute atomic E-state index is 0.0417. The molecule has 0 aliphatic rings. The molecule has 1 N–H and O–H groups in total. The van der Waals surface area contributed by atoms with Crippen molar-refractivity contribution in [2.45, 2.75) is 52.5 Å². The van der Waals surface area contributed by atoms with Gasteiger partial charge in [-0.1, -0.05) is 42.5 Å². The second-order valence-corrected chi connectivity index (χ2v) is 9.56. The lowest BCUT2D eigenvalue weighted by Gasteiger charge is -2.25. The van der Waals surface area contributed by atoms with Gasteiger partial charge in [-0.3, -0.25) is 9.10 Å². The monoisotopic (exact) mass is 416 g/mol. The predicted octanol–water partition coefficient (Wildman–Crippen LogP) is 3.99. The molecule has 0 aliphatic heterocycles. The third-order valence-corrected chi connectivity index (χ3v) is 6.31. The summed E-state index contributed by atoms with van der Waals surface area (Å²) in [7, 11) is -3.42. The number of rotatable bonds is 10. The summed E-state index contributed by atoms with van der Waals surface area (Å²) in [5.41, 5.74) is 3.92. The van der Waals surface area contributed by atoms with Crippen molar-refractivity contribution in [3.63, 3.8) is 0 Å².